The van der Waals surface area contributed by atoms with Crippen LogP contribution < -0.4 is 22.1 Å². The van der Waals surface area contributed by atoms with Crippen LogP contribution in [0.1, 0.15) is 32.6 Å². The average Bonchev–Trinajstić information content (AvgIpc) is 3.50. The third-order valence-electron chi connectivity index (χ3n) is 6.28. The third-order valence-corrected chi connectivity index (χ3v) is 6.28. The Balaban J connectivity index is 1.47. The monoisotopic (exact) mass is 412 g/mol. The number of nitrogens with two attached hydrogens (primary N) is 2. The zero-order valence-corrected chi connectivity index (χ0v) is 17.1. The Hall–Kier alpha value is -2.91. The van der Waals surface area contributed by atoms with Crippen LogP contribution in [0.25, 0.3) is 0 Å². The first-order valence-electron chi connectivity index (χ1n) is 10.2. The molecule has 1 aromatic heterocycles. The Bertz CT molecular complexity index is 994. The number of aliphatic hydroxyl groups is 1. The number of benzene rings is 1. The summed E-state index contributed by atoms with van der Waals surface area (Å²) in [4.78, 5) is 31.4. The van der Waals surface area contributed by atoms with Crippen molar-refractivity contribution in [3.63, 3.8) is 0 Å². The summed E-state index contributed by atoms with van der Waals surface area (Å²) >= 11 is 0. The zero-order valence-electron chi connectivity index (χ0n) is 17.1. The van der Waals surface area contributed by atoms with E-state index in [1.807, 2.05) is 30.0 Å². The molecule has 2 aliphatic rings. The molecule has 4 rings (SSSR count). The zero-order chi connectivity index (χ0) is 21.5. The maximum atomic E-state index is 12.8. The Morgan fingerprint density at radius 2 is 1.83 bits per heavy atom. The molecule has 0 radical (unpaired) electrons. The first-order valence-corrected chi connectivity index (χ1v) is 10.2. The second-order valence-corrected chi connectivity index (χ2v) is 8.70. The fraction of sp³-hybridized carbons (Fsp3) is 0.476. The van der Waals surface area contributed by atoms with Gasteiger partial charge in [-0.1, -0.05) is 25.1 Å². The normalized spacial score (nSPS) is 19.4. The van der Waals surface area contributed by atoms with Gasteiger partial charge >= 0.3 is 0 Å². The number of carbonyl (C=O) groups excluding carboxylic acids is 1. The van der Waals surface area contributed by atoms with Crippen molar-refractivity contribution in [2.24, 2.45) is 11.3 Å². The highest BCUT2D eigenvalue weighted by molar-refractivity contribution is 5.85. The lowest BCUT2D eigenvalue weighted by Gasteiger charge is -2.39. The van der Waals surface area contributed by atoms with Gasteiger partial charge in [-0.25, -0.2) is 10.8 Å². The van der Waals surface area contributed by atoms with Gasteiger partial charge in [-0.05, 0) is 37.8 Å². The van der Waals surface area contributed by atoms with Gasteiger partial charge in [0.15, 0.2) is 5.82 Å². The number of likely N-dealkylation sites (tertiary alicyclic amines) is 1. The maximum absolute atomic E-state index is 12.8. The topological polar surface area (TPSA) is 131 Å². The summed E-state index contributed by atoms with van der Waals surface area (Å²) in [7, 11) is 0. The fourth-order valence-electron chi connectivity index (χ4n) is 3.90. The molecule has 0 unspecified atom stereocenters. The molecule has 1 aliphatic carbocycles. The molecule has 0 atom stereocenters. The predicted molar refractivity (Wildman–Crippen MR) is 114 cm³/mol. The Kier molecular flexibility index (Phi) is 5.03. The van der Waals surface area contributed by atoms with E-state index in [1.165, 1.54) is 15.9 Å². The van der Waals surface area contributed by atoms with Crippen LogP contribution >= 0.6 is 0 Å². The number of rotatable bonds is 5. The van der Waals surface area contributed by atoms with E-state index in [9.17, 15) is 14.7 Å². The molecule has 2 heterocycles. The number of anilines is 3. The van der Waals surface area contributed by atoms with Gasteiger partial charge in [-0.3, -0.25) is 19.2 Å². The molecular weight excluding hydrogens is 384 g/mol. The number of nitrogens with zero attached hydrogens (tertiary/aromatic N) is 4. The van der Waals surface area contributed by atoms with Crippen LogP contribution in [-0.2, 0) is 11.3 Å². The molecular formula is C21H28N6O3. The van der Waals surface area contributed by atoms with Gasteiger partial charge in [0.2, 0.25) is 5.91 Å². The Labute approximate surface area is 174 Å². The molecule has 2 fully saturated rings. The summed E-state index contributed by atoms with van der Waals surface area (Å²) in [5.41, 5.74) is 4.84. The number of nitrogen functional groups attached to an aromatic ring is 1. The molecule has 0 spiro atoms. The third kappa shape index (κ3) is 3.78. The highest BCUT2D eigenvalue weighted by atomic mass is 16.3. The highest BCUT2D eigenvalue weighted by Crippen LogP contribution is 2.47. The van der Waals surface area contributed by atoms with Gasteiger partial charge in [-0.15, -0.1) is 0 Å². The van der Waals surface area contributed by atoms with Gasteiger partial charge in [-0.2, -0.15) is 0 Å². The van der Waals surface area contributed by atoms with Crippen LogP contribution in [0.5, 0.6) is 0 Å². The van der Waals surface area contributed by atoms with Gasteiger partial charge in [0.25, 0.3) is 5.56 Å². The predicted octanol–water partition coefficient (Wildman–Crippen LogP) is 0.991. The van der Waals surface area contributed by atoms with Gasteiger partial charge in [0.05, 0.1) is 17.8 Å². The molecule has 0 bridgehead atoms. The van der Waals surface area contributed by atoms with E-state index in [1.54, 1.807) is 12.1 Å². The molecule has 1 aromatic carbocycles. The van der Waals surface area contributed by atoms with E-state index in [2.05, 4.69) is 4.98 Å². The van der Waals surface area contributed by atoms with E-state index < -0.39 is 11.2 Å². The van der Waals surface area contributed by atoms with Crippen LogP contribution in [0, 0.1) is 5.41 Å². The van der Waals surface area contributed by atoms with Crippen molar-refractivity contribution in [3.05, 3.63) is 47.0 Å². The molecule has 1 aliphatic heterocycles. The van der Waals surface area contributed by atoms with Crippen LogP contribution in [0.2, 0.25) is 0 Å². The lowest BCUT2D eigenvalue weighted by Crippen LogP contribution is -2.51. The number of para-hydroxylation sites is 1. The van der Waals surface area contributed by atoms with Crippen LogP contribution in [0.3, 0.4) is 0 Å². The van der Waals surface area contributed by atoms with Crippen LogP contribution in [-0.4, -0.2) is 44.2 Å². The van der Waals surface area contributed by atoms with E-state index >= 15 is 0 Å². The quantitative estimate of drug-likeness (QED) is 0.493. The number of hydrogen-bond donors (Lipinski definition) is 3. The van der Waals surface area contributed by atoms with E-state index in [-0.39, 0.29) is 29.4 Å². The van der Waals surface area contributed by atoms with Crippen molar-refractivity contribution in [1.82, 2.24) is 14.5 Å². The Morgan fingerprint density at radius 1 is 1.20 bits per heavy atom. The first kappa shape index (κ1) is 20.4. The van der Waals surface area contributed by atoms with Crippen molar-refractivity contribution < 1.29 is 9.90 Å². The van der Waals surface area contributed by atoms with E-state index in [0.29, 0.717) is 31.6 Å². The van der Waals surface area contributed by atoms with Crippen molar-refractivity contribution in [2.75, 3.05) is 23.8 Å². The molecule has 5 N–H and O–H groups in total. The van der Waals surface area contributed by atoms with E-state index in [4.69, 9.17) is 11.6 Å². The summed E-state index contributed by atoms with van der Waals surface area (Å²) < 4.78 is 1.32. The number of amides is 1. The second-order valence-electron chi connectivity index (χ2n) is 8.70. The number of aromatic nitrogens is 2. The van der Waals surface area contributed by atoms with Crippen molar-refractivity contribution >= 4 is 23.1 Å². The standard InChI is InChI=1S/C21H28N6O3/c1-20(7-8-20)19(29)25-11-9-21(30,10-12-25)13-26-14-24-17(16(22)18(26)28)27(23)15-5-3-2-4-6-15/h2-6,14,30H,7-13,22-23H2,1H3. The highest BCUT2D eigenvalue weighted by Gasteiger charge is 2.48. The SMILES string of the molecule is CC1(C(=O)N2CCC(O)(Cn3cnc(N(N)c4ccccc4)c(N)c3=O)CC2)CC1. The van der Waals surface area contributed by atoms with Crippen molar-refractivity contribution in [3.8, 4) is 0 Å². The number of hydrazine groups is 1. The Morgan fingerprint density at radius 3 is 2.43 bits per heavy atom. The number of carbonyl (C=O) groups is 1. The molecule has 2 aromatic rings. The van der Waals surface area contributed by atoms with Gasteiger partial charge < -0.3 is 15.7 Å². The summed E-state index contributed by atoms with van der Waals surface area (Å²) in [6.07, 6.45) is 4.02. The minimum Gasteiger partial charge on any atom is -0.391 e. The van der Waals surface area contributed by atoms with Gasteiger partial charge in [0.1, 0.15) is 12.0 Å². The number of piperidine rings is 1. The molecule has 9 nitrogen and oxygen atoms in total. The molecule has 1 saturated carbocycles. The van der Waals surface area contributed by atoms with Crippen LogP contribution in [0.4, 0.5) is 17.2 Å². The van der Waals surface area contributed by atoms with Crippen molar-refractivity contribution in [2.45, 2.75) is 44.8 Å². The lowest BCUT2D eigenvalue weighted by atomic mass is 9.90. The lowest BCUT2D eigenvalue weighted by molar-refractivity contribution is -0.141. The summed E-state index contributed by atoms with van der Waals surface area (Å²) in [5, 5.41) is 12.3. The second kappa shape index (κ2) is 7.41. The molecule has 1 amide bonds. The van der Waals surface area contributed by atoms with Crippen LogP contribution in [0.15, 0.2) is 41.5 Å². The molecule has 30 heavy (non-hydrogen) atoms. The molecule has 160 valence electrons. The fourth-order valence-corrected chi connectivity index (χ4v) is 3.90. The molecule has 1 saturated heterocycles. The van der Waals surface area contributed by atoms with E-state index in [0.717, 1.165) is 12.8 Å². The summed E-state index contributed by atoms with van der Waals surface area (Å²) in [6, 6.07) is 9.07. The maximum Gasteiger partial charge on any atom is 0.278 e. The minimum absolute atomic E-state index is 0.0680. The van der Waals surface area contributed by atoms with Gasteiger partial charge in [0, 0.05) is 18.5 Å². The smallest absolute Gasteiger partial charge is 0.278 e. The molecule has 9 heteroatoms. The summed E-state index contributed by atoms with van der Waals surface area (Å²) in [6.45, 7) is 3.01. The summed E-state index contributed by atoms with van der Waals surface area (Å²) in [5.74, 6) is 6.41. The largest absolute Gasteiger partial charge is 0.391 e. The average molecular weight is 412 g/mol. The minimum atomic E-state index is -1.09. The van der Waals surface area contributed by atoms with Crippen molar-refractivity contribution in [1.29, 1.82) is 0 Å². The number of hydrogen-bond acceptors (Lipinski definition) is 7. The first-order chi connectivity index (χ1) is 14.2.